The normalized spacial score (nSPS) is 10.7. The van der Waals surface area contributed by atoms with Crippen LogP contribution in [0.5, 0.6) is 0 Å². The van der Waals surface area contributed by atoms with Gasteiger partial charge < -0.3 is 0 Å². The molecular formula is C13H7N3O4S. The first kappa shape index (κ1) is 13.3. The third-order valence-electron chi connectivity index (χ3n) is 2.80. The molecule has 2 aromatic carbocycles. The molecule has 104 valence electrons. The van der Waals surface area contributed by atoms with E-state index in [1.807, 2.05) is 0 Å². The Kier molecular flexibility index (Phi) is 3.36. The van der Waals surface area contributed by atoms with E-state index < -0.39 is 4.92 Å². The number of nitro benzene ring substituents is 1. The summed E-state index contributed by atoms with van der Waals surface area (Å²) in [5.74, 6) is 0. The number of non-ortho nitro benzene ring substituents is 1. The lowest BCUT2D eigenvalue weighted by Gasteiger charge is -2.02. The predicted molar refractivity (Wildman–Crippen MR) is 74.4 cm³/mol. The maximum Gasteiger partial charge on any atom is 0.300 e. The van der Waals surface area contributed by atoms with Crippen LogP contribution in [0.15, 0.2) is 50.8 Å². The highest BCUT2D eigenvalue weighted by Gasteiger charge is 2.19. The lowest BCUT2D eigenvalue weighted by molar-refractivity contribution is -0.383. The summed E-state index contributed by atoms with van der Waals surface area (Å²) in [6.45, 7) is 0. The van der Waals surface area contributed by atoms with Crippen molar-refractivity contribution >= 4 is 34.8 Å². The van der Waals surface area contributed by atoms with Crippen LogP contribution in [0, 0.1) is 10.1 Å². The third kappa shape index (κ3) is 2.48. The number of carbonyl (C=O) groups is 1. The van der Waals surface area contributed by atoms with E-state index in [9.17, 15) is 14.9 Å². The zero-order valence-corrected chi connectivity index (χ0v) is 11.2. The number of nitro groups is 1. The summed E-state index contributed by atoms with van der Waals surface area (Å²) in [7, 11) is 0. The topological polar surface area (TPSA) is 99.1 Å². The van der Waals surface area contributed by atoms with Crippen LogP contribution in [0.25, 0.3) is 11.0 Å². The summed E-state index contributed by atoms with van der Waals surface area (Å²) in [4.78, 5) is 22.6. The van der Waals surface area contributed by atoms with Crippen LogP contribution in [-0.4, -0.2) is 21.5 Å². The zero-order valence-electron chi connectivity index (χ0n) is 10.4. The minimum atomic E-state index is -0.528. The van der Waals surface area contributed by atoms with E-state index in [4.69, 9.17) is 0 Å². The molecule has 0 aliphatic rings. The molecule has 1 aromatic heterocycles. The third-order valence-corrected chi connectivity index (χ3v) is 3.86. The molecule has 0 amide bonds. The Hall–Kier alpha value is -2.74. The van der Waals surface area contributed by atoms with E-state index in [1.54, 1.807) is 30.3 Å². The van der Waals surface area contributed by atoms with Crippen LogP contribution in [0.4, 0.5) is 5.69 Å². The van der Waals surface area contributed by atoms with Crippen molar-refractivity contribution in [1.82, 2.24) is 10.3 Å². The number of nitrogens with zero attached hydrogens (tertiary/aromatic N) is 3. The number of aldehydes is 1. The fourth-order valence-corrected chi connectivity index (χ4v) is 2.69. The first-order valence-electron chi connectivity index (χ1n) is 5.82. The Balaban J connectivity index is 2.00. The molecule has 0 N–H and O–H groups in total. The van der Waals surface area contributed by atoms with Gasteiger partial charge in [-0.15, -0.1) is 0 Å². The van der Waals surface area contributed by atoms with Gasteiger partial charge in [-0.25, -0.2) is 4.63 Å². The van der Waals surface area contributed by atoms with Gasteiger partial charge in [0.1, 0.15) is 6.29 Å². The van der Waals surface area contributed by atoms with Gasteiger partial charge in [-0.05, 0) is 28.5 Å². The highest BCUT2D eigenvalue weighted by molar-refractivity contribution is 7.99. The summed E-state index contributed by atoms with van der Waals surface area (Å²) < 4.78 is 4.61. The molecule has 0 spiro atoms. The molecule has 21 heavy (non-hydrogen) atoms. The SMILES string of the molecule is O=Cc1ccc(Sc2ccc([N+](=O)[O-])c3nonc23)cc1. The molecule has 0 unspecified atom stereocenters. The van der Waals surface area contributed by atoms with Crippen molar-refractivity contribution in [2.75, 3.05) is 0 Å². The van der Waals surface area contributed by atoms with Crippen molar-refractivity contribution < 1.29 is 14.3 Å². The summed E-state index contributed by atoms with van der Waals surface area (Å²) in [5, 5.41) is 18.2. The quantitative estimate of drug-likeness (QED) is 0.414. The number of hydrogen-bond acceptors (Lipinski definition) is 7. The van der Waals surface area contributed by atoms with Crippen molar-refractivity contribution in [2.45, 2.75) is 9.79 Å². The van der Waals surface area contributed by atoms with Crippen LogP contribution < -0.4 is 0 Å². The minimum absolute atomic E-state index is 0.120. The first-order chi connectivity index (χ1) is 10.2. The Morgan fingerprint density at radius 1 is 1.10 bits per heavy atom. The molecule has 1 heterocycles. The second-order valence-corrected chi connectivity index (χ2v) is 5.21. The number of rotatable bonds is 4. The van der Waals surface area contributed by atoms with E-state index in [0.717, 1.165) is 11.2 Å². The standard InChI is InChI=1S/C13H7N3O4S/c17-7-8-1-3-9(4-2-8)21-11-6-5-10(16(18)19)12-13(11)15-20-14-12/h1-7H. The molecule has 0 bridgehead atoms. The van der Waals surface area contributed by atoms with Crippen molar-refractivity contribution in [3.05, 3.63) is 52.1 Å². The van der Waals surface area contributed by atoms with Gasteiger partial charge in [-0.3, -0.25) is 14.9 Å². The van der Waals surface area contributed by atoms with Gasteiger partial charge in [-0.2, -0.15) is 0 Å². The molecule has 0 saturated carbocycles. The van der Waals surface area contributed by atoms with E-state index in [2.05, 4.69) is 14.9 Å². The van der Waals surface area contributed by atoms with Gasteiger partial charge in [-0.1, -0.05) is 23.9 Å². The summed E-state index contributed by atoms with van der Waals surface area (Å²) in [6, 6.07) is 9.93. The Morgan fingerprint density at radius 2 is 1.81 bits per heavy atom. The molecule has 0 fully saturated rings. The van der Waals surface area contributed by atoms with Gasteiger partial charge in [0.25, 0.3) is 0 Å². The zero-order chi connectivity index (χ0) is 14.8. The van der Waals surface area contributed by atoms with Gasteiger partial charge in [0, 0.05) is 21.4 Å². The van der Waals surface area contributed by atoms with E-state index in [-0.39, 0.29) is 11.2 Å². The largest absolute Gasteiger partial charge is 0.300 e. The summed E-state index contributed by atoms with van der Waals surface area (Å²) in [5.41, 5.74) is 0.895. The maximum atomic E-state index is 10.9. The molecule has 0 saturated heterocycles. The van der Waals surface area contributed by atoms with Crippen molar-refractivity contribution in [3.63, 3.8) is 0 Å². The number of benzene rings is 2. The lowest BCUT2D eigenvalue weighted by Crippen LogP contribution is -1.90. The molecule has 0 aliphatic carbocycles. The molecule has 3 rings (SSSR count). The molecular weight excluding hydrogens is 294 g/mol. The van der Waals surface area contributed by atoms with Crippen molar-refractivity contribution in [1.29, 1.82) is 0 Å². The van der Waals surface area contributed by atoms with E-state index >= 15 is 0 Å². The summed E-state index contributed by atoms with van der Waals surface area (Å²) >= 11 is 1.36. The predicted octanol–water partition coefficient (Wildman–Crippen LogP) is 3.09. The van der Waals surface area contributed by atoms with Crippen LogP contribution in [-0.2, 0) is 0 Å². The van der Waals surface area contributed by atoms with Crippen LogP contribution in [0.1, 0.15) is 10.4 Å². The number of fused-ring (bicyclic) bond motifs is 1. The van der Waals surface area contributed by atoms with Crippen molar-refractivity contribution in [3.8, 4) is 0 Å². The molecule has 3 aromatic rings. The van der Waals surface area contributed by atoms with E-state index in [0.29, 0.717) is 16.0 Å². The Labute approximate surface area is 122 Å². The van der Waals surface area contributed by atoms with Crippen LogP contribution in [0.3, 0.4) is 0 Å². The highest BCUT2D eigenvalue weighted by Crippen LogP contribution is 2.35. The van der Waals surface area contributed by atoms with Crippen molar-refractivity contribution in [2.24, 2.45) is 0 Å². The minimum Gasteiger partial charge on any atom is -0.298 e. The number of carbonyl (C=O) groups excluding carboxylic acids is 1. The second kappa shape index (κ2) is 5.33. The monoisotopic (exact) mass is 301 g/mol. The second-order valence-electron chi connectivity index (χ2n) is 4.09. The van der Waals surface area contributed by atoms with E-state index in [1.165, 1.54) is 17.8 Å². The first-order valence-corrected chi connectivity index (χ1v) is 6.63. The Bertz CT molecular complexity index is 829. The summed E-state index contributed by atoms with van der Waals surface area (Å²) in [6.07, 6.45) is 0.764. The number of aromatic nitrogens is 2. The average molecular weight is 301 g/mol. The fraction of sp³-hybridized carbons (Fsp3) is 0. The van der Waals surface area contributed by atoms with Gasteiger partial charge in [0.05, 0.1) is 4.92 Å². The van der Waals surface area contributed by atoms with Gasteiger partial charge in [0.2, 0.25) is 5.52 Å². The average Bonchev–Trinajstić information content (AvgIpc) is 2.98. The highest BCUT2D eigenvalue weighted by atomic mass is 32.2. The number of hydrogen-bond donors (Lipinski definition) is 0. The molecule has 8 heteroatoms. The van der Waals surface area contributed by atoms with Crippen LogP contribution >= 0.6 is 11.8 Å². The fourth-order valence-electron chi connectivity index (χ4n) is 1.80. The lowest BCUT2D eigenvalue weighted by atomic mass is 10.2. The van der Waals surface area contributed by atoms with Gasteiger partial charge in [0.15, 0.2) is 5.52 Å². The maximum absolute atomic E-state index is 10.9. The van der Waals surface area contributed by atoms with Crippen LogP contribution in [0.2, 0.25) is 0 Å². The molecule has 7 nitrogen and oxygen atoms in total. The van der Waals surface area contributed by atoms with Gasteiger partial charge >= 0.3 is 5.69 Å². The smallest absolute Gasteiger partial charge is 0.298 e. The molecule has 0 radical (unpaired) electrons. The Morgan fingerprint density at radius 3 is 2.48 bits per heavy atom. The molecule has 0 atom stereocenters. The molecule has 0 aliphatic heterocycles.